The van der Waals surface area contributed by atoms with Crippen LogP contribution in [0, 0.1) is 18.3 Å². The van der Waals surface area contributed by atoms with E-state index in [1.165, 1.54) is 26.3 Å². The minimum Gasteiger partial charge on any atom is -0.497 e. The Morgan fingerprint density at radius 3 is 2.64 bits per heavy atom. The Kier molecular flexibility index (Phi) is 3.75. The standard InChI is InChI=1S/C23H17N3OS/c1-13-23(17-9-14(11-24)3-6-19(17)26-13)22-8-7-21(28-22)18-12-25-20-10-15(27-2)4-5-16(18)20/h3-10,12,25-26H,1-2H3. The first-order valence-electron chi connectivity index (χ1n) is 8.96. The number of nitrogens with zero attached hydrogens (tertiary/aromatic N) is 1. The van der Waals surface area contributed by atoms with Crippen LogP contribution in [0.4, 0.5) is 0 Å². The van der Waals surface area contributed by atoms with Gasteiger partial charge in [0.2, 0.25) is 0 Å². The molecule has 2 aromatic carbocycles. The second-order valence-electron chi connectivity index (χ2n) is 6.77. The van der Waals surface area contributed by atoms with E-state index in [0.29, 0.717) is 5.56 Å². The van der Waals surface area contributed by atoms with Crippen LogP contribution in [0.5, 0.6) is 5.75 Å². The molecule has 0 spiro atoms. The van der Waals surface area contributed by atoms with Crippen molar-refractivity contribution in [3.05, 3.63) is 66.0 Å². The third-order valence-corrected chi connectivity index (χ3v) is 6.26. The Morgan fingerprint density at radius 2 is 1.82 bits per heavy atom. The van der Waals surface area contributed by atoms with Crippen molar-refractivity contribution in [2.45, 2.75) is 6.92 Å². The first-order valence-corrected chi connectivity index (χ1v) is 9.77. The average Bonchev–Trinajstić information content (AvgIpc) is 3.42. The van der Waals surface area contributed by atoms with E-state index in [4.69, 9.17) is 4.74 Å². The number of ether oxygens (including phenoxy) is 1. The van der Waals surface area contributed by atoms with Crippen molar-refractivity contribution in [2.75, 3.05) is 7.11 Å². The first-order chi connectivity index (χ1) is 13.7. The number of aromatic amines is 2. The summed E-state index contributed by atoms with van der Waals surface area (Å²) in [4.78, 5) is 9.18. The van der Waals surface area contributed by atoms with Gasteiger partial charge in [-0.25, -0.2) is 0 Å². The molecule has 5 heteroatoms. The SMILES string of the molecule is COc1ccc2c(-c3ccc(-c4c(C)[nH]c5ccc(C#N)cc45)s3)c[nH]c2c1. The number of rotatable bonds is 3. The molecule has 0 fully saturated rings. The number of H-pyrrole nitrogens is 2. The van der Waals surface area contributed by atoms with Crippen LogP contribution in [0.15, 0.2) is 54.7 Å². The monoisotopic (exact) mass is 383 g/mol. The molecule has 5 rings (SSSR count). The summed E-state index contributed by atoms with van der Waals surface area (Å²) in [5.41, 5.74) is 6.26. The molecule has 0 aliphatic heterocycles. The topological polar surface area (TPSA) is 64.6 Å². The van der Waals surface area contributed by atoms with E-state index in [1.807, 2.05) is 30.3 Å². The van der Waals surface area contributed by atoms with Crippen molar-refractivity contribution in [3.8, 4) is 32.7 Å². The smallest absolute Gasteiger partial charge is 0.120 e. The molecular weight excluding hydrogens is 366 g/mol. The molecule has 0 aliphatic carbocycles. The normalized spacial score (nSPS) is 11.2. The van der Waals surface area contributed by atoms with Crippen LogP contribution in [-0.4, -0.2) is 17.1 Å². The maximum Gasteiger partial charge on any atom is 0.120 e. The van der Waals surface area contributed by atoms with Crippen molar-refractivity contribution >= 4 is 33.1 Å². The number of nitriles is 1. The molecule has 136 valence electrons. The third kappa shape index (κ3) is 2.50. The second kappa shape index (κ2) is 6.29. The quantitative estimate of drug-likeness (QED) is 0.388. The van der Waals surface area contributed by atoms with Gasteiger partial charge >= 0.3 is 0 Å². The lowest BCUT2D eigenvalue weighted by molar-refractivity contribution is 0.415. The fourth-order valence-corrected chi connectivity index (χ4v) is 4.92. The van der Waals surface area contributed by atoms with Gasteiger partial charge in [0.25, 0.3) is 0 Å². The number of aromatic nitrogens is 2. The van der Waals surface area contributed by atoms with Crippen LogP contribution < -0.4 is 4.74 Å². The van der Waals surface area contributed by atoms with Crippen LogP contribution in [0.1, 0.15) is 11.3 Å². The molecule has 0 bridgehead atoms. The van der Waals surface area contributed by atoms with Crippen LogP contribution >= 0.6 is 11.3 Å². The summed E-state index contributed by atoms with van der Waals surface area (Å²) in [5, 5.41) is 11.5. The van der Waals surface area contributed by atoms with Gasteiger partial charge < -0.3 is 14.7 Å². The van der Waals surface area contributed by atoms with Gasteiger partial charge in [-0.1, -0.05) is 0 Å². The molecular formula is C23H17N3OS. The van der Waals surface area contributed by atoms with Gasteiger partial charge in [0.15, 0.2) is 0 Å². The van der Waals surface area contributed by atoms with Gasteiger partial charge in [0.1, 0.15) is 5.75 Å². The number of aryl methyl sites for hydroxylation is 1. The van der Waals surface area contributed by atoms with Crippen LogP contribution in [0.3, 0.4) is 0 Å². The zero-order chi connectivity index (χ0) is 19.3. The van der Waals surface area contributed by atoms with Crippen molar-refractivity contribution in [1.82, 2.24) is 9.97 Å². The first kappa shape index (κ1) is 16.7. The van der Waals surface area contributed by atoms with Crippen molar-refractivity contribution < 1.29 is 4.74 Å². The lowest BCUT2D eigenvalue weighted by atomic mass is 10.1. The highest BCUT2D eigenvalue weighted by molar-refractivity contribution is 7.19. The maximum atomic E-state index is 9.26. The fraction of sp³-hybridized carbons (Fsp3) is 0.0870. The van der Waals surface area contributed by atoms with E-state index >= 15 is 0 Å². The number of thiophene rings is 1. The molecule has 0 radical (unpaired) electrons. The van der Waals surface area contributed by atoms with Gasteiger partial charge in [0, 0.05) is 60.6 Å². The summed E-state index contributed by atoms with van der Waals surface area (Å²) in [6.07, 6.45) is 2.05. The molecule has 5 aromatic rings. The average molecular weight is 383 g/mol. The summed E-state index contributed by atoms with van der Waals surface area (Å²) >= 11 is 1.76. The van der Waals surface area contributed by atoms with E-state index in [2.05, 4.69) is 47.4 Å². The Balaban J connectivity index is 1.64. The largest absolute Gasteiger partial charge is 0.497 e. The molecule has 0 atom stereocenters. The Bertz CT molecular complexity index is 1380. The van der Waals surface area contributed by atoms with Crippen molar-refractivity contribution in [1.29, 1.82) is 5.26 Å². The fourth-order valence-electron chi connectivity index (χ4n) is 3.77. The maximum absolute atomic E-state index is 9.26. The Labute approximate surface area is 166 Å². The van der Waals surface area contributed by atoms with Crippen molar-refractivity contribution in [2.24, 2.45) is 0 Å². The Morgan fingerprint density at radius 1 is 0.964 bits per heavy atom. The van der Waals surface area contributed by atoms with E-state index in [0.717, 1.165) is 27.9 Å². The van der Waals surface area contributed by atoms with Gasteiger partial charge in [-0.3, -0.25) is 0 Å². The highest BCUT2D eigenvalue weighted by Crippen LogP contribution is 2.41. The summed E-state index contributed by atoms with van der Waals surface area (Å²) in [5.74, 6) is 0.843. The van der Waals surface area contributed by atoms with E-state index < -0.39 is 0 Å². The lowest BCUT2D eigenvalue weighted by Crippen LogP contribution is -1.81. The van der Waals surface area contributed by atoms with E-state index in [1.54, 1.807) is 18.4 Å². The van der Waals surface area contributed by atoms with Gasteiger partial charge in [0.05, 0.1) is 18.7 Å². The van der Waals surface area contributed by atoms with Gasteiger partial charge in [-0.05, 0) is 49.4 Å². The molecule has 0 amide bonds. The number of hydrogen-bond acceptors (Lipinski definition) is 3. The summed E-state index contributed by atoms with van der Waals surface area (Å²) < 4.78 is 5.32. The highest BCUT2D eigenvalue weighted by atomic mass is 32.1. The second-order valence-corrected chi connectivity index (χ2v) is 7.86. The molecule has 0 aliphatic rings. The van der Waals surface area contributed by atoms with Gasteiger partial charge in [-0.2, -0.15) is 5.26 Å². The molecule has 2 N–H and O–H groups in total. The van der Waals surface area contributed by atoms with Crippen LogP contribution in [-0.2, 0) is 0 Å². The van der Waals surface area contributed by atoms with E-state index in [-0.39, 0.29) is 0 Å². The van der Waals surface area contributed by atoms with E-state index in [9.17, 15) is 5.26 Å². The Hall–Kier alpha value is -3.49. The highest BCUT2D eigenvalue weighted by Gasteiger charge is 2.15. The molecule has 0 unspecified atom stereocenters. The summed E-state index contributed by atoms with van der Waals surface area (Å²) in [6, 6.07) is 18.5. The third-order valence-electron chi connectivity index (χ3n) is 5.12. The summed E-state index contributed by atoms with van der Waals surface area (Å²) in [6.45, 7) is 2.08. The number of methoxy groups -OCH3 is 1. The molecule has 0 saturated heterocycles. The molecule has 3 aromatic heterocycles. The zero-order valence-corrected chi connectivity index (χ0v) is 16.3. The minimum absolute atomic E-state index is 0.676. The predicted molar refractivity (Wildman–Crippen MR) is 115 cm³/mol. The minimum atomic E-state index is 0.676. The molecule has 0 saturated carbocycles. The molecule has 3 heterocycles. The lowest BCUT2D eigenvalue weighted by Gasteiger charge is -2.00. The number of benzene rings is 2. The number of nitrogens with one attached hydrogen (secondary N) is 2. The summed E-state index contributed by atoms with van der Waals surface area (Å²) in [7, 11) is 1.68. The number of hydrogen-bond donors (Lipinski definition) is 2. The van der Waals surface area contributed by atoms with Crippen molar-refractivity contribution in [3.63, 3.8) is 0 Å². The van der Waals surface area contributed by atoms with Gasteiger partial charge in [-0.15, -0.1) is 11.3 Å². The predicted octanol–water partition coefficient (Wildman–Crippen LogP) is 6.23. The van der Waals surface area contributed by atoms with Crippen LogP contribution in [0.2, 0.25) is 0 Å². The molecule has 4 nitrogen and oxygen atoms in total. The van der Waals surface area contributed by atoms with Crippen LogP contribution in [0.25, 0.3) is 42.7 Å². The number of fused-ring (bicyclic) bond motifs is 2. The molecule has 28 heavy (non-hydrogen) atoms. The zero-order valence-electron chi connectivity index (χ0n) is 15.5.